The van der Waals surface area contributed by atoms with Gasteiger partial charge in [-0.2, -0.15) is 0 Å². The Morgan fingerprint density at radius 2 is 2.12 bits per heavy atom. The summed E-state index contributed by atoms with van der Waals surface area (Å²) in [5, 5.41) is 3.07. The van der Waals surface area contributed by atoms with Gasteiger partial charge in [0.1, 0.15) is 0 Å². The van der Waals surface area contributed by atoms with Crippen LogP contribution in [-0.2, 0) is 4.74 Å². The molecule has 2 fully saturated rings. The summed E-state index contributed by atoms with van der Waals surface area (Å²) in [6, 6.07) is 0.117. The molecule has 0 aromatic carbocycles. The Bertz CT molecular complexity index is 252. The molecule has 0 aromatic rings. The van der Waals surface area contributed by atoms with Gasteiger partial charge in [0.15, 0.2) is 0 Å². The van der Waals surface area contributed by atoms with E-state index in [1.165, 1.54) is 6.42 Å². The summed E-state index contributed by atoms with van der Waals surface area (Å²) in [5.74, 6) is 0.508. The predicted molar refractivity (Wildman–Crippen MR) is 67.0 cm³/mol. The molecule has 2 aliphatic rings. The van der Waals surface area contributed by atoms with Gasteiger partial charge in [0.05, 0.1) is 6.10 Å². The Hall–Kier alpha value is -0.770. The quantitative estimate of drug-likeness (QED) is 0.819. The molecule has 98 valence electrons. The minimum atomic E-state index is 0.117. The SMILES string of the molecule is CCC1OCCC1CNC(=O)N1CCCCC1. The van der Waals surface area contributed by atoms with Crippen LogP contribution in [0.5, 0.6) is 0 Å². The largest absolute Gasteiger partial charge is 0.378 e. The van der Waals surface area contributed by atoms with Crippen molar-refractivity contribution in [1.29, 1.82) is 0 Å². The molecule has 2 amide bonds. The van der Waals surface area contributed by atoms with Gasteiger partial charge in [0, 0.05) is 32.2 Å². The fraction of sp³-hybridized carbons (Fsp3) is 0.923. The number of hydrogen-bond acceptors (Lipinski definition) is 2. The maximum absolute atomic E-state index is 11.9. The first-order valence-electron chi connectivity index (χ1n) is 6.95. The van der Waals surface area contributed by atoms with Gasteiger partial charge < -0.3 is 15.0 Å². The van der Waals surface area contributed by atoms with Crippen molar-refractivity contribution >= 4 is 6.03 Å². The smallest absolute Gasteiger partial charge is 0.317 e. The highest BCUT2D eigenvalue weighted by Crippen LogP contribution is 2.22. The first-order chi connectivity index (χ1) is 8.31. The molecule has 0 aliphatic carbocycles. The van der Waals surface area contributed by atoms with Crippen LogP contribution >= 0.6 is 0 Å². The Kier molecular flexibility index (Phi) is 4.66. The van der Waals surface area contributed by atoms with Gasteiger partial charge in [-0.15, -0.1) is 0 Å². The van der Waals surface area contributed by atoms with E-state index in [1.807, 2.05) is 4.90 Å². The Morgan fingerprint density at radius 3 is 2.82 bits per heavy atom. The Balaban J connectivity index is 1.71. The number of carbonyl (C=O) groups is 1. The fourth-order valence-electron chi connectivity index (χ4n) is 2.80. The number of ether oxygens (including phenoxy) is 1. The molecule has 1 N–H and O–H groups in total. The van der Waals surface area contributed by atoms with Crippen LogP contribution in [-0.4, -0.2) is 43.3 Å². The van der Waals surface area contributed by atoms with Crippen molar-refractivity contribution in [3.05, 3.63) is 0 Å². The minimum Gasteiger partial charge on any atom is -0.378 e. The molecule has 0 aromatic heterocycles. The lowest BCUT2D eigenvalue weighted by Gasteiger charge is -2.27. The first-order valence-corrected chi connectivity index (χ1v) is 6.95. The Labute approximate surface area is 104 Å². The topological polar surface area (TPSA) is 41.6 Å². The summed E-state index contributed by atoms with van der Waals surface area (Å²) in [6.45, 7) is 5.61. The van der Waals surface area contributed by atoms with Gasteiger partial charge in [0.25, 0.3) is 0 Å². The highest BCUT2D eigenvalue weighted by atomic mass is 16.5. The summed E-state index contributed by atoms with van der Waals surface area (Å²) < 4.78 is 5.63. The van der Waals surface area contributed by atoms with Gasteiger partial charge in [-0.1, -0.05) is 6.92 Å². The number of likely N-dealkylation sites (tertiary alicyclic amines) is 1. The van der Waals surface area contributed by atoms with Crippen LogP contribution in [0.4, 0.5) is 4.79 Å². The molecule has 17 heavy (non-hydrogen) atoms. The highest BCUT2D eigenvalue weighted by molar-refractivity contribution is 5.74. The number of piperidine rings is 1. The van der Waals surface area contributed by atoms with Crippen molar-refractivity contribution in [3.63, 3.8) is 0 Å². The maximum atomic E-state index is 11.9. The van der Waals surface area contributed by atoms with Crippen LogP contribution in [0.2, 0.25) is 0 Å². The zero-order valence-electron chi connectivity index (χ0n) is 10.8. The standard InChI is InChI=1S/C13H24N2O2/c1-2-12-11(6-9-17-12)10-14-13(16)15-7-4-3-5-8-15/h11-12H,2-10H2,1H3,(H,14,16). The van der Waals surface area contributed by atoms with E-state index in [0.717, 1.165) is 51.9 Å². The number of carbonyl (C=O) groups excluding carboxylic acids is 1. The number of hydrogen-bond donors (Lipinski definition) is 1. The summed E-state index contributed by atoms with van der Waals surface area (Å²) in [6.07, 6.45) is 6.03. The molecule has 0 bridgehead atoms. The van der Waals surface area contributed by atoms with Crippen LogP contribution in [0.3, 0.4) is 0 Å². The van der Waals surface area contributed by atoms with Crippen molar-refractivity contribution < 1.29 is 9.53 Å². The van der Waals surface area contributed by atoms with Crippen molar-refractivity contribution in [2.45, 2.75) is 45.1 Å². The number of rotatable bonds is 3. The van der Waals surface area contributed by atoms with Crippen molar-refractivity contribution in [3.8, 4) is 0 Å². The fourth-order valence-corrected chi connectivity index (χ4v) is 2.80. The number of amides is 2. The van der Waals surface area contributed by atoms with Crippen LogP contribution < -0.4 is 5.32 Å². The van der Waals surface area contributed by atoms with Gasteiger partial charge in [-0.3, -0.25) is 0 Å². The van der Waals surface area contributed by atoms with Gasteiger partial charge in [-0.25, -0.2) is 4.79 Å². The lowest BCUT2D eigenvalue weighted by Crippen LogP contribution is -2.44. The molecule has 2 saturated heterocycles. The van der Waals surface area contributed by atoms with Crippen LogP contribution in [0.1, 0.15) is 39.0 Å². The molecule has 2 aliphatic heterocycles. The normalized spacial score (nSPS) is 29.4. The van der Waals surface area contributed by atoms with E-state index in [1.54, 1.807) is 0 Å². The molecule has 4 heteroatoms. The van der Waals surface area contributed by atoms with E-state index in [4.69, 9.17) is 4.74 Å². The van der Waals surface area contributed by atoms with Crippen molar-refractivity contribution in [2.24, 2.45) is 5.92 Å². The maximum Gasteiger partial charge on any atom is 0.317 e. The van der Waals surface area contributed by atoms with Crippen LogP contribution in [0.15, 0.2) is 0 Å². The van der Waals surface area contributed by atoms with Gasteiger partial charge in [0.2, 0.25) is 0 Å². The lowest BCUT2D eigenvalue weighted by molar-refractivity contribution is 0.0871. The molecule has 4 nitrogen and oxygen atoms in total. The summed E-state index contributed by atoms with van der Waals surface area (Å²) in [5.41, 5.74) is 0. The molecular weight excluding hydrogens is 216 g/mol. The average molecular weight is 240 g/mol. The molecule has 2 unspecified atom stereocenters. The summed E-state index contributed by atoms with van der Waals surface area (Å²) in [7, 11) is 0. The highest BCUT2D eigenvalue weighted by Gasteiger charge is 2.27. The monoisotopic (exact) mass is 240 g/mol. The second kappa shape index (κ2) is 6.24. The van der Waals surface area contributed by atoms with Gasteiger partial charge in [-0.05, 0) is 32.1 Å². The van der Waals surface area contributed by atoms with E-state index in [-0.39, 0.29) is 6.03 Å². The lowest BCUT2D eigenvalue weighted by atomic mass is 10.00. The van der Waals surface area contributed by atoms with E-state index >= 15 is 0 Å². The summed E-state index contributed by atoms with van der Waals surface area (Å²) >= 11 is 0. The van der Waals surface area contributed by atoms with E-state index < -0.39 is 0 Å². The summed E-state index contributed by atoms with van der Waals surface area (Å²) in [4.78, 5) is 13.9. The Morgan fingerprint density at radius 1 is 1.35 bits per heavy atom. The molecule has 2 atom stereocenters. The third kappa shape index (κ3) is 3.35. The molecular formula is C13H24N2O2. The number of urea groups is 1. The van der Waals surface area contributed by atoms with Crippen LogP contribution in [0, 0.1) is 5.92 Å². The average Bonchev–Trinajstić information content (AvgIpc) is 2.84. The molecule has 2 rings (SSSR count). The zero-order valence-corrected chi connectivity index (χ0v) is 10.8. The molecule has 2 heterocycles. The first kappa shape index (κ1) is 12.7. The molecule has 0 saturated carbocycles. The minimum absolute atomic E-state index is 0.117. The second-order valence-corrected chi connectivity index (χ2v) is 5.10. The van der Waals surface area contributed by atoms with Crippen molar-refractivity contribution in [2.75, 3.05) is 26.2 Å². The zero-order chi connectivity index (χ0) is 12.1. The van der Waals surface area contributed by atoms with Crippen molar-refractivity contribution in [1.82, 2.24) is 10.2 Å². The molecule has 0 spiro atoms. The van der Waals surface area contributed by atoms with E-state index in [2.05, 4.69) is 12.2 Å². The van der Waals surface area contributed by atoms with Crippen LogP contribution in [0.25, 0.3) is 0 Å². The number of nitrogens with one attached hydrogen (secondary N) is 1. The third-order valence-corrected chi connectivity index (χ3v) is 3.91. The second-order valence-electron chi connectivity index (χ2n) is 5.10. The van der Waals surface area contributed by atoms with Gasteiger partial charge >= 0.3 is 6.03 Å². The van der Waals surface area contributed by atoms with E-state index in [9.17, 15) is 4.79 Å². The third-order valence-electron chi connectivity index (χ3n) is 3.91. The number of nitrogens with zero attached hydrogens (tertiary/aromatic N) is 1. The molecule has 0 radical (unpaired) electrons. The predicted octanol–water partition coefficient (Wildman–Crippen LogP) is 2.00. The van der Waals surface area contributed by atoms with E-state index in [0.29, 0.717) is 12.0 Å².